The molecule has 2 aromatic heterocycles. The Morgan fingerprint density at radius 2 is 2.12 bits per heavy atom. The molecule has 4 rings (SSSR count). The van der Waals surface area contributed by atoms with Crippen LogP contribution in [0.25, 0.3) is 0 Å². The van der Waals surface area contributed by atoms with Crippen LogP contribution in [0.1, 0.15) is 17.7 Å². The van der Waals surface area contributed by atoms with Gasteiger partial charge < -0.3 is 15.2 Å². The monoisotopic (exact) mass is 474 g/mol. The quantitative estimate of drug-likeness (QED) is 0.545. The molecule has 0 amide bonds. The number of benzene rings is 1. The number of rotatable bonds is 7. The maximum Gasteiger partial charge on any atom is 0.332 e. The van der Waals surface area contributed by atoms with Gasteiger partial charge in [0.05, 0.1) is 10.6 Å². The van der Waals surface area contributed by atoms with Crippen LogP contribution in [0.5, 0.6) is 5.75 Å². The molecule has 0 saturated heterocycles. The summed E-state index contributed by atoms with van der Waals surface area (Å²) in [6.07, 6.45) is 1.98. The van der Waals surface area contributed by atoms with Crippen LogP contribution in [0.2, 0.25) is 5.02 Å². The number of ether oxygens (including phenoxy) is 1. The van der Waals surface area contributed by atoms with Crippen molar-refractivity contribution in [2.24, 2.45) is 13.0 Å². The maximum atomic E-state index is 13.7. The lowest BCUT2D eigenvalue weighted by Crippen LogP contribution is -2.49. The highest BCUT2D eigenvalue weighted by Gasteiger charge is 2.34. The first-order chi connectivity index (χ1) is 15.9. The topological polar surface area (TPSA) is 98.4 Å². The third-order valence-electron chi connectivity index (χ3n) is 5.67. The Labute approximate surface area is 194 Å². The Hall–Kier alpha value is -3.17. The van der Waals surface area contributed by atoms with E-state index in [-0.39, 0.29) is 19.1 Å². The highest BCUT2D eigenvalue weighted by Crippen LogP contribution is 2.29. The summed E-state index contributed by atoms with van der Waals surface area (Å²) in [6.45, 7) is 0.00124. The first-order valence-corrected chi connectivity index (χ1v) is 11.0. The van der Waals surface area contributed by atoms with Gasteiger partial charge in [0.25, 0.3) is 5.56 Å². The minimum absolute atomic E-state index is 0.126. The van der Waals surface area contributed by atoms with E-state index < -0.39 is 23.3 Å². The van der Waals surface area contributed by atoms with Crippen molar-refractivity contribution in [3.8, 4) is 5.75 Å². The molecule has 0 aliphatic carbocycles. The van der Waals surface area contributed by atoms with Crippen LogP contribution in [0.3, 0.4) is 0 Å². The Balaban J connectivity index is 1.73. The molecular weight excluding hydrogens is 451 g/mol. The van der Waals surface area contributed by atoms with E-state index in [1.807, 2.05) is 0 Å². The molecule has 10 heteroatoms. The van der Waals surface area contributed by atoms with Crippen LogP contribution < -0.4 is 21.3 Å². The summed E-state index contributed by atoms with van der Waals surface area (Å²) in [5.41, 5.74) is 0.329. The van der Waals surface area contributed by atoms with Gasteiger partial charge in [0, 0.05) is 44.1 Å². The predicted octanol–water partition coefficient (Wildman–Crippen LogP) is 2.35. The number of halogens is 2. The van der Waals surface area contributed by atoms with Gasteiger partial charge in [-0.15, -0.1) is 0 Å². The molecule has 1 aliphatic heterocycles. The summed E-state index contributed by atoms with van der Waals surface area (Å²) in [4.78, 5) is 30.3. The Morgan fingerprint density at radius 1 is 1.30 bits per heavy atom. The van der Waals surface area contributed by atoms with Crippen molar-refractivity contribution in [2.75, 3.05) is 11.9 Å². The average molecular weight is 475 g/mol. The van der Waals surface area contributed by atoms with Gasteiger partial charge in [0.2, 0.25) is 0 Å². The number of hydrogen-bond donors (Lipinski definition) is 2. The summed E-state index contributed by atoms with van der Waals surface area (Å²) in [7, 11) is 1.57. The molecule has 33 heavy (non-hydrogen) atoms. The maximum absolute atomic E-state index is 13.7. The minimum Gasteiger partial charge on any atom is -0.470 e. The van der Waals surface area contributed by atoms with Crippen molar-refractivity contribution in [1.82, 2.24) is 14.1 Å². The number of aliphatic hydroxyl groups is 1. The molecule has 0 bridgehead atoms. The first kappa shape index (κ1) is 23.0. The number of aliphatic hydroxyl groups excluding tert-OH is 1. The lowest BCUT2D eigenvalue weighted by atomic mass is 9.90. The highest BCUT2D eigenvalue weighted by molar-refractivity contribution is 6.30. The molecule has 0 radical (unpaired) electrons. The second kappa shape index (κ2) is 9.76. The van der Waals surface area contributed by atoms with Crippen LogP contribution in [0.4, 0.5) is 10.2 Å². The van der Waals surface area contributed by atoms with E-state index in [0.29, 0.717) is 41.4 Å². The van der Waals surface area contributed by atoms with Gasteiger partial charge in [-0.3, -0.25) is 18.9 Å². The Kier molecular flexibility index (Phi) is 6.80. The molecule has 0 spiro atoms. The van der Waals surface area contributed by atoms with E-state index in [9.17, 15) is 14.0 Å². The number of aromatic nitrogens is 3. The molecule has 174 valence electrons. The Morgan fingerprint density at radius 3 is 2.82 bits per heavy atom. The first-order valence-electron chi connectivity index (χ1n) is 10.6. The smallest absolute Gasteiger partial charge is 0.332 e. The van der Waals surface area contributed by atoms with Gasteiger partial charge in [-0.1, -0.05) is 17.7 Å². The van der Waals surface area contributed by atoms with Gasteiger partial charge >= 0.3 is 5.69 Å². The van der Waals surface area contributed by atoms with E-state index in [2.05, 4.69) is 10.3 Å². The second-order valence-corrected chi connectivity index (χ2v) is 8.42. The van der Waals surface area contributed by atoms with Crippen molar-refractivity contribution in [3.63, 3.8) is 0 Å². The second-order valence-electron chi connectivity index (χ2n) is 7.98. The summed E-state index contributed by atoms with van der Waals surface area (Å²) in [6, 6.07) is 9.33. The molecule has 3 heterocycles. The molecule has 0 fully saturated rings. The van der Waals surface area contributed by atoms with Gasteiger partial charge in [-0.2, -0.15) is 0 Å². The third kappa shape index (κ3) is 4.94. The standard InChI is InChI=1S/C23H24ClFN4O4/c1-28-20-19(22(31)29(23(28)32)8-3-9-30)11-14(10-17-7-6-15(24)13-26-17)21(27-20)33-18-5-2-4-16(25)12-18/h2,4-7,12-14,21,27,30H,3,8-11H2,1H3. The van der Waals surface area contributed by atoms with Gasteiger partial charge in [-0.25, -0.2) is 9.18 Å². The normalized spacial score (nSPS) is 17.3. The molecule has 2 unspecified atom stereocenters. The summed E-state index contributed by atoms with van der Waals surface area (Å²) in [5.74, 6) is 0.0167. The molecular formula is C23H24ClFN4O4. The lowest BCUT2D eigenvalue weighted by molar-refractivity contribution is 0.149. The number of nitrogens with one attached hydrogen (secondary N) is 1. The zero-order valence-corrected chi connectivity index (χ0v) is 18.8. The fraction of sp³-hybridized carbons (Fsp3) is 0.348. The molecule has 3 aromatic rings. The number of fused-ring (bicyclic) bond motifs is 1. The van der Waals surface area contributed by atoms with Crippen molar-refractivity contribution >= 4 is 17.4 Å². The lowest BCUT2D eigenvalue weighted by Gasteiger charge is -2.35. The Bertz CT molecular complexity index is 1260. The molecule has 0 saturated carbocycles. The van der Waals surface area contributed by atoms with E-state index in [0.717, 1.165) is 10.3 Å². The fourth-order valence-corrected chi connectivity index (χ4v) is 4.15. The van der Waals surface area contributed by atoms with Crippen LogP contribution >= 0.6 is 11.6 Å². The summed E-state index contributed by atoms with van der Waals surface area (Å²) in [5, 5.41) is 12.8. The molecule has 1 aromatic carbocycles. The van der Waals surface area contributed by atoms with Gasteiger partial charge in [0.15, 0.2) is 6.23 Å². The van der Waals surface area contributed by atoms with Crippen LogP contribution in [-0.2, 0) is 26.4 Å². The summed E-state index contributed by atoms with van der Waals surface area (Å²) >= 11 is 5.95. The van der Waals surface area contributed by atoms with E-state index in [1.165, 1.54) is 16.7 Å². The zero-order chi connectivity index (χ0) is 23.5. The van der Waals surface area contributed by atoms with Crippen LogP contribution in [0, 0.1) is 11.7 Å². The number of nitrogens with zero attached hydrogens (tertiary/aromatic N) is 3. The number of hydrogen-bond acceptors (Lipinski definition) is 6. The number of pyridine rings is 1. The van der Waals surface area contributed by atoms with E-state index in [1.54, 1.807) is 37.5 Å². The van der Waals surface area contributed by atoms with E-state index >= 15 is 0 Å². The zero-order valence-electron chi connectivity index (χ0n) is 18.0. The number of anilines is 1. The molecule has 8 nitrogen and oxygen atoms in total. The SMILES string of the molecule is Cn1c2c(c(=O)n(CCCO)c1=O)CC(Cc1ccc(Cl)cn1)C(Oc1cccc(F)c1)N2. The minimum atomic E-state index is -0.643. The molecule has 2 atom stereocenters. The van der Waals surface area contributed by atoms with Gasteiger partial charge in [-0.05, 0) is 43.5 Å². The fourth-order valence-electron chi connectivity index (χ4n) is 4.03. The van der Waals surface area contributed by atoms with Crippen LogP contribution in [-0.4, -0.2) is 32.1 Å². The third-order valence-corrected chi connectivity index (χ3v) is 5.90. The van der Waals surface area contributed by atoms with Crippen molar-refractivity contribution in [2.45, 2.75) is 32.0 Å². The molecule has 2 N–H and O–H groups in total. The van der Waals surface area contributed by atoms with Crippen molar-refractivity contribution < 1.29 is 14.2 Å². The predicted molar refractivity (Wildman–Crippen MR) is 122 cm³/mol. The summed E-state index contributed by atoms with van der Waals surface area (Å²) < 4.78 is 22.3. The van der Waals surface area contributed by atoms with Gasteiger partial charge in [0.1, 0.15) is 17.4 Å². The average Bonchev–Trinajstić information content (AvgIpc) is 2.80. The molecule has 1 aliphatic rings. The highest BCUT2D eigenvalue weighted by atomic mass is 35.5. The van der Waals surface area contributed by atoms with Crippen molar-refractivity contribution in [3.05, 3.63) is 85.5 Å². The largest absolute Gasteiger partial charge is 0.470 e. The van der Waals surface area contributed by atoms with E-state index in [4.69, 9.17) is 21.4 Å². The van der Waals surface area contributed by atoms with Crippen LogP contribution in [0.15, 0.2) is 52.2 Å². The van der Waals surface area contributed by atoms with Crippen molar-refractivity contribution in [1.29, 1.82) is 0 Å².